The van der Waals surface area contributed by atoms with Crippen LogP contribution in [0.5, 0.6) is 17.2 Å². The lowest BCUT2D eigenvalue weighted by molar-refractivity contribution is 0.0784. The number of rotatable bonds is 6. The van der Waals surface area contributed by atoms with Crippen LogP contribution >= 0.6 is 0 Å². The Morgan fingerprint density at radius 3 is 2.50 bits per heavy atom. The van der Waals surface area contributed by atoms with Gasteiger partial charge >= 0.3 is 0 Å². The van der Waals surface area contributed by atoms with Gasteiger partial charge in [0.25, 0.3) is 11.5 Å². The molecular weight excluding hydrogens is 434 g/mol. The lowest BCUT2D eigenvalue weighted by atomic mass is 10.1. The Bertz CT molecular complexity index is 1270. The number of carbonyl (C=O) groups excluding carboxylic acids is 1. The third-order valence-corrected chi connectivity index (χ3v) is 6.35. The van der Waals surface area contributed by atoms with Crippen LogP contribution in [0.4, 0.5) is 0 Å². The second-order valence-electron chi connectivity index (χ2n) is 8.54. The number of fused-ring (bicyclic) bond motifs is 2. The minimum atomic E-state index is -0.174. The Balaban J connectivity index is 1.64. The highest BCUT2D eigenvalue weighted by molar-refractivity contribution is 5.97. The van der Waals surface area contributed by atoms with Crippen molar-refractivity contribution in [1.82, 2.24) is 14.5 Å². The van der Waals surface area contributed by atoms with Gasteiger partial charge in [0.1, 0.15) is 5.82 Å². The molecule has 0 saturated heterocycles. The number of hydrogen-bond acceptors (Lipinski definition) is 6. The van der Waals surface area contributed by atoms with Crippen LogP contribution in [-0.4, -0.2) is 48.7 Å². The highest BCUT2D eigenvalue weighted by Crippen LogP contribution is 2.40. The van der Waals surface area contributed by atoms with Gasteiger partial charge in [-0.15, -0.1) is 0 Å². The third kappa shape index (κ3) is 4.44. The average Bonchev–Trinajstić information content (AvgIpc) is 2.83. The monoisotopic (exact) mass is 465 g/mol. The summed E-state index contributed by atoms with van der Waals surface area (Å²) in [6.45, 7) is 1.01. The molecule has 0 unspecified atom stereocenters. The zero-order chi connectivity index (χ0) is 24.2. The molecule has 0 fully saturated rings. The average molecular weight is 466 g/mol. The first-order valence-electron chi connectivity index (χ1n) is 11.5. The van der Waals surface area contributed by atoms with Crippen molar-refractivity contribution in [2.24, 2.45) is 0 Å². The van der Waals surface area contributed by atoms with Crippen LogP contribution in [-0.2, 0) is 19.5 Å². The highest BCUT2D eigenvalue weighted by Gasteiger charge is 2.20. The molecule has 1 amide bonds. The van der Waals surface area contributed by atoms with E-state index in [-0.39, 0.29) is 11.5 Å². The highest BCUT2D eigenvalue weighted by atomic mass is 16.5. The number of aromatic nitrogens is 2. The summed E-state index contributed by atoms with van der Waals surface area (Å²) in [5.41, 5.74) is 1.82. The SMILES string of the molecule is COc1ccc(CN(C)C(=O)c2ccc3c(=O)n4c(nc3c2)CCCCCC4)c(OC)c1OC. The van der Waals surface area contributed by atoms with Crippen molar-refractivity contribution in [2.75, 3.05) is 28.4 Å². The number of methoxy groups -OCH3 is 3. The fourth-order valence-electron chi connectivity index (χ4n) is 4.56. The smallest absolute Gasteiger partial charge is 0.261 e. The predicted octanol–water partition coefficient (Wildman–Crippen LogP) is 3.81. The molecule has 0 N–H and O–H groups in total. The molecule has 0 atom stereocenters. The molecule has 3 aromatic rings. The largest absolute Gasteiger partial charge is 0.493 e. The van der Waals surface area contributed by atoms with Crippen LogP contribution in [0.1, 0.15) is 47.4 Å². The number of ether oxygens (including phenoxy) is 3. The molecule has 1 aliphatic rings. The van der Waals surface area contributed by atoms with Crippen molar-refractivity contribution in [1.29, 1.82) is 0 Å². The number of carbonyl (C=O) groups is 1. The zero-order valence-corrected chi connectivity index (χ0v) is 20.2. The number of nitrogens with zero attached hydrogens (tertiary/aromatic N) is 3. The molecule has 0 radical (unpaired) electrons. The van der Waals surface area contributed by atoms with Crippen molar-refractivity contribution < 1.29 is 19.0 Å². The van der Waals surface area contributed by atoms with E-state index in [0.29, 0.717) is 46.8 Å². The quantitative estimate of drug-likeness (QED) is 0.551. The van der Waals surface area contributed by atoms with Gasteiger partial charge in [-0.25, -0.2) is 4.98 Å². The minimum Gasteiger partial charge on any atom is -0.493 e. The molecule has 1 aliphatic heterocycles. The maximum Gasteiger partial charge on any atom is 0.261 e. The fourth-order valence-corrected chi connectivity index (χ4v) is 4.56. The molecule has 2 heterocycles. The summed E-state index contributed by atoms with van der Waals surface area (Å²) in [6, 6.07) is 8.78. The van der Waals surface area contributed by atoms with Crippen LogP contribution in [0.2, 0.25) is 0 Å². The standard InChI is InChI=1S/C26H31N3O5/c1-28(16-18-11-13-21(32-2)24(34-4)23(18)33-3)25(30)17-10-12-19-20(15-17)27-22-9-7-5-6-8-14-29(22)26(19)31/h10-13,15H,5-9,14,16H2,1-4H3. The summed E-state index contributed by atoms with van der Waals surface area (Å²) >= 11 is 0. The van der Waals surface area contributed by atoms with E-state index in [2.05, 4.69) is 0 Å². The van der Waals surface area contributed by atoms with Gasteiger partial charge in [0.15, 0.2) is 11.5 Å². The Morgan fingerprint density at radius 2 is 1.76 bits per heavy atom. The minimum absolute atomic E-state index is 0.0238. The first-order chi connectivity index (χ1) is 16.5. The van der Waals surface area contributed by atoms with Crippen molar-refractivity contribution in [3.8, 4) is 17.2 Å². The van der Waals surface area contributed by atoms with Crippen molar-refractivity contribution in [3.05, 3.63) is 57.6 Å². The molecule has 1 aromatic heterocycles. The zero-order valence-electron chi connectivity index (χ0n) is 20.2. The molecule has 34 heavy (non-hydrogen) atoms. The number of aryl methyl sites for hydroxylation is 1. The van der Waals surface area contributed by atoms with Crippen LogP contribution in [0, 0.1) is 0 Å². The molecule has 180 valence electrons. The Morgan fingerprint density at radius 1 is 1.00 bits per heavy atom. The summed E-state index contributed by atoms with van der Waals surface area (Å²) in [4.78, 5) is 32.7. The van der Waals surface area contributed by atoms with Gasteiger partial charge in [-0.2, -0.15) is 0 Å². The molecule has 0 saturated carbocycles. The second-order valence-corrected chi connectivity index (χ2v) is 8.54. The Kier molecular flexibility index (Phi) is 7.05. The number of hydrogen-bond donors (Lipinski definition) is 0. The van der Waals surface area contributed by atoms with E-state index in [1.807, 2.05) is 6.07 Å². The Hall–Kier alpha value is -3.55. The van der Waals surface area contributed by atoms with Crippen molar-refractivity contribution in [3.63, 3.8) is 0 Å². The van der Waals surface area contributed by atoms with Gasteiger partial charge in [0, 0.05) is 37.7 Å². The van der Waals surface area contributed by atoms with Crippen LogP contribution < -0.4 is 19.8 Å². The second kappa shape index (κ2) is 10.2. The van der Waals surface area contributed by atoms with E-state index in [4.69, 9.17) is 19.2 Å². The number of benzene rings is 2. The van der Waals surface area contributed by atoms with Gasteiger partial charge in [0.05, 0.1) is 32.2 Å². The summed E-state index contributed by atoms with van der Waals surface area (Å²) in [7, 11) is 6.39. The number of amides is 1. The molecule has 2 aromatic carbocycles. The summed E-state index contributed by atoms with van der Waals surface area (Å²) < 4.78 is 18.1. The molecule has 0 aliphatic carbocycles. The normalized spacial score (nSPS) is 13.5. The van der Waals surface area contributed by atoms with E-state index in [0.717, 1.165) is 43.5 Å². The maximum atomic E-state index is 13.3. The van der Waals surface area contributed by atoms with Crippen molar-refractivity contribution >= 4 is 16.8 Å². The molecule has 0 bridgehead atoms. The van der Waals surface area contributed by atoms with Gasteiger partial charge in [-0.05, 0) is 43.2 Å². The third-order valence-electron chi connectivity index (χ3n) is 6.35. The fraction of sp³-hybridized carbons (Fsp3) is 0.423. The summed E-state index contributed by atoms with van der Waals surface area (Å²) in [6.07, 6.45) is 5.07. The van der Waals surface area contributed by atoms with Gasteiger partial charge < -0.3 is 19.1 Å². The van der Waals surface area contributed by atoms with E-state index in [1.54, 1.807) is 62.1 Å². The van der Waals surface area contributed by atoms with Gasteiger partial charge in [-0.3, -0.25) is 14.2 Å². The lowest BCUT2D eigenvalue weighted by Crippen LogP contribution is -2.28. The molecule has 8 heteroatoms. The van der Waals surface area contributed by atoms with Gasteiger partial charge in [0.2, 0.25) is 5.75 Å². The molecule has 8 nitrogen and oxygen atoms in total. The van der Waals surface area contributed by atoms with Gasteiger partial charge in [-0.1, -0.05) is 12.8 Å². The first-order valence-corrected chi connectivity index (χ1v) is 11.5. The van der Waals surface area contributed by atoms with E-state index in [1.165, 1.54) is 0 Å². The predicted molar refractivity (Wildman–Crippen MR) is 130 cm³/mol. The van der Waals surface area contributed by atoms with Crippen LogP contribution in [0.3, 0.4) is 0 Å². The van der Waals surface area contributed by atoms with E-state index >= 15 is 0 Å². The molecule has 4 rings (SSSR count). The summed E-state index contributed by atoms with van der Waals surface area (Å²) in [5.74, 6) is 2.19. The maximum absolute atomic E-state index is 13.3. The molecular formula is C26H31N3O5. The van der Waals surface area contributed by atoms with E-state index in [9.17, 15) is 9.59 Å². The van der Waals surface area contributed by atoms with Crippen LogP contribution in [0.15, 0.2) is 35.1 Å². The Labute approximate surface area is 199 Å². The van der Waals surface area contributed by atoms with Crippen molar-refractivity contribution in [2.45, 2.75) is 45.2 Å². The van der Waals surface area contributed by atoms with Crippen LogP contribution in [0.25, 0.3) is 10.9 Å². The lowest BCUT2D eigenvalue weighted by Gasteiger charge is -2.21. The first kappa shape index (κ1) is 23.6. The van der Waals surface area contributed by atoms with E-state index < -0.39 is 0 Å². The summed E-state index contributed by atoms with van der Waals surface area (Å²) in [5, 5.41) is 0.546. The topological polar surface area (TPSA) is 82.9 Å². The molecule has 0 spiro atoms.